The van der Waals surface area contributed by atoms with Crippen molar-refractivity contribution in [2.75, 3.05) is 0 Å². The summed E-state index contributed by atoms with van der Waals surface area (Å²) in [5, 5.41) is 3.60. The number of amides is 1. The van der Waals surface area contributed by atoms with Crippen LogP contribution in [0.1, 0.15) is 21.6 Å². The Morgan fingerprint density at radius 1 is 1.14 bits per heavy atom. The first-order valence-corrected chi connectivity index (χ1v) is 9.31. The highest BCUT2D eigenvalue weighted by Gasteiger charge is 2.25. The zero-order chi connectivity index (χ0) is 20.6. The van der Waals surface area contributed by atoms with E-state index in [4.69, 9.17) is 10.3 Å². The average Bonchev–Trinajstić information content (AvgIpc) is 2.74. The van der Waals surface area contributed by atoms with Gasteiger partial charge in [0.25, 0.3) is 0 Å². The Hall–Kier alpha value is -3.42. The second-order valence-corrected chi connectivity index (χ2v) is 6.73. The summed E-state index contributed by atoms with van der Waals surface area (Å²) < 4.78 is 20.6. The molecule has 0 unspecified atom stereocenters. The fraction of sp³-hybridized carbons (Fsp3) is 0.100. The van der Waals surface area contributed by atoms with Crippen molar-refractivity contribution in [3.63, 3.8) is 0 Å². The Balaban J connectivity index is 1.93. The lowest BCUT2D eigenvalue weighted by atomic mass is 10.2. The van der Waals surface area contributed by atoms with Gasteiger partial charge in [-0.3, -0.25) is 4.79 Å². The van der Waals surface area contributed by atoms with E-state index in [1.165, 1.54) is 6.07 Å². The molecule has 0 saturated carbocycles. The van der Waals surface area contributed by atoms with E-state index in [9.17, 15) is 9.28 Å². The first-order valence-electron chi connectivity index (χ1n) is 8.52. The van der Waals surface area contributed by atoms with Crippen LogP contribution >= 0.6 is 15.9 Å². The minimum Gasteiger partial charge on any atom is -0.486 e. The molecule has 29 heavy (non-hydrogen) atoms. The van der Waals surface area contributed by atoms with Crippen LogP contribution in [-0.2, 0) is 13.2 Å². The number of aromatic nitrogens is 1. The number of nitrogens with zero attached hydrogens (tertiary/aromatic N) is 5. The number of carbonyl (C=O) groups excluding carboxylic acids is 1. The van der Waals surface area contributed by atoms with E-state index in [1.807, 2.05) is 30.3 Å². The maximum Gasteiger partial charge on any atom is 0.304 e. The molecule has 0 atom stereocenters. The Kier molecular flexibility index (Phi) is 6.78. The Morgan fingerprint density at radius 2 is 1.76 bits per heavy atom. The van der Waals surface area contributed by atoms with Gasteiger partial charge in [-0.2, -0.15) is 5.12 Å². The van der Waals surface area contributed by atoms with E-state index < -0.39 is 5.91 Å². The van der Waals surface area contributed by atoms with Gasteiger partial charge < -0.3 is 4.74 Å². The Morgan fingerprint density at radius 3 is 2.38 bits per heavy atom. The van der Waals surface area contributed by atoms with Gasteiger partial charge in [-0.1, -0.05) is 70.3 Å². The molecule has 0 spiro atoms. The summed E-state index contributed by atoms with van der Waals surface area (Å²) in [5.41, 5.74) is 10.0. The zero-order valence-electron chi connectivity index (χ0n) is 15.1. The summed E-state index contributed by atoms with van der Waals surface area (Å²) in [6.07, 6.45) is 0. The minimum absolute atomic E-state index is 0.0294. The fourth-order valence-corrected chi connectivity index (χ4v) is 2.95. The van der Waals surface area contributed by atoms with Gasteiger partial charge in [-0.25, -0.2) is 4.98 Å². The number of carbonyl (C=O) groups is 1. The van der Waals surface area contributed by atoms with Gasteiger partial charge in [-0.05, 0) is 38.7 Å². The third-order valence-electron chi connectivity index (χ3n) is 3.89. The topological polar surface area (TPSA) is 91.2 Å². The van der Waals surface area contributed by atoms with Crippen molar-refractivity contribution in [2.45, 2.75) is 13.2 Å². The quantitative estimate of drug-likeness (QED) is 0.146. The molecule has 1 amide bonds. The molecular formula is C20H15BrFN5O2. The van der Waals surface area contributed by atoms with Gasteiger partial charge >= 0.3 is 5.91 Å². The molecule has 7 nitrogen and oxygen atoms in total. The largest absolute Gasteiger partial charge is 0.486 e. The molecule has 0 bridgehead atoms. The van der Waals surface area contributed by atoms with Crippen LogP contribution in [0.15, 0.2) is 76.4 Å². The van der Waals surface area contributed by atoms with Crippen molar-refractivity contribution >= 4 is 27.5 Å². The number of pyridine rings is 1. The normalized spacial score (nSPS) is 10.1. The van der Waals surface area contributed by atoms with Crippen LogP contribution in [0.5, 0.6) is 5.75 Å². The molecule has 0 N–H and O–H groups in total. The smallest absolute Gasteiger partial charge is 0.304 e. The monoisotopic (exact) mass is 455 g/mol. The Labute approximate surface area is 174 Å². The highest BCUT2D eigenvalue weighted by Crippen LogP contribution is 2.35. The first kappa shape index (κ1) is 20.3. The van der Waals surface area contributed by atoms with Gasteiger partial charge in [0.2, 0.25) is 0 Å². The summed E-state index contributed by atoms with van der Waals surface area (Å²) in [5.74, 6) is -1.09. The summed E-state index contributed by atoms with van der Waals surface area (Å²) in [4.78, 5) is 19.6. The molecule has 146 valence electrons. The van der Waals surface area contributed by atoms with E-state index in [2.05, 4.69) is 30.9 Å². The summed E-state index contributed by atoms with van der Waals surface area (Å²) in [7, 11) is 0. The lowest BCUT2D eigenvalue weighted by Crippen LogP contribution is -2.24. The molecule has 0 aliphatic carbocycles. The fourth-order valence-electron chi connectivity index (χ4n) is 2.56. The van der Waals surface area contributed by atoms with Gasteiger partial charge in [-0.15, -0.1) is 0 Å². The number of benzene rings is 2. The van der Waals surface area contributed by atoms with Crippen molar-refractivity contribution in [1.29, 1.82) is 0 Å². The number of rotatable bonds is 7. The molecule has 0 fully saturated rings. The van der Waals surface area contributed by atoms with Gasteiger partial charge in [0, 0.05) is 4.91 Å². The van der Waals surface area contributed by atoms with Crippen LogP contribution < -0.4 is 4.74 Å². The molecular weight excluding hydrogens is 441 g/mol. The molecule has 9 heteroatoms. The highest BCUT2D eigenvalue weighted by molar-refractivity contribution is 9.10. The number of halogens is 2. The first-order chi connectivity index (χ1) is 14.1. The third-order valence-corrected chi connectivity index (χ3v) is 4.29. The zero-order valence-corrected chi connectivity index (χ0v) is 16.7. The van der Waals surface area contributed by atoms with Crippen molar-refractivity contribution in [3.05, 3.63) is 98.6 Å². The molecule has 0 aliphatic rings. The maximum atomic E-state index is 14.6. The van der Waals surface area contributed by atoms with Gasteiger partial charge in [0.05, 0.1) is 12.2 Å². The van der Waals surface area contributed by atoms with E-state index in [-0.39, 0.29) is 40.0 Å². The molecule has 1 heterocycles. The number of ether oxygens (including phenoxy) is 1. The van der Waals surface area contributed by atoms with Crippen LogP contribution in [0.3, 0.4) is 0 Å². The van der Waals surface area contributed by atoms with Crippen molar-refractivity contribution in [2.24, 2.45) is 5.11 Å². The van der Waals surface area contributed by atoms with Crippen LogP contribution in [0.2, 0.25) is 0 Å². The number of hydrogen-bond acceptors (Lipinski definition) is 4. The Bertz CT molecular complexity index is 1040. The third kappa shape index (κ3) is 5.31. The second-order valence-electron chi connectivity index (χ2n) is 5.92. The van der Waals surface area contributed by atoms with Crippen LogP contribution in [0.25, 0.3) is 10.4 Å². The molecule has 0 saturated heterocycles. The molecule has 0 radical (unpaired) electrons. The van der Waals surface area contributed by atoms with Gasteiger partial charge in [0.1, 0.15) is 11.2 Å². The molecule has 2 aromatic carbocycles. The summed E-state index contributed by atoms with van der Waals surface area (Å²) >= 11 is 3.15. The summed E-state index contributed by atoms with van der Waals surface area (Å²) in [6, 6.07) is 19.3. The van der Waals surface area contributed by atoms with Crippen molar-refractivity contribution in [1.82, 2.24) is 10.1 Å². The maximum absolute atomic E-state index is 14.6. The summed E-state index contributed by atoms with van der Waals surface area (Å²) in [6.45, 7) is -0.174. The minimum atomic E-state index is -1.01. The van der Waals surface area contributed by atoms with E-state index in [0.29, 0.717) is 5.56 Å². The SMILES string of the molecule is [N-]=[N+]=Nc1cc(Br)nc(C(=O)N(F)Cc2ccccc2)c1OCc1ccccc1. The molecule has 0 aliphatic heterocycles. The van der Waals surface area contributed by atoms with Crippen LogP contribution in [0, 0.1) is 0 Å². The second kappa shape index (κ2) is 9.68. The molecule has 3 rings (SSSR count). The van der Waals surface area contributed by atoms with Crippen LogP contribution in [0.4, 0.5) is 10.2 Å². The lowest BCUT2D eigenvalue weighted by Gasteiger charge is -2.16. The van der Waals surface area contributed by atoms with Crippen molar-refractivity contribution in [3.8, 4) is 5.75 Å². The predicted molar refractivity (Wildman–Crippen MR) is 109 cm³/mol. The lowest BCUT2D eigenvalue weighted by molar-refractivity contribution is 0.0138. The van der Waals surface area contributed by atoms with E-state index in [1.54, 1.807) is 30.3 Å². The predicted octanol–water partition coefficient (Wildman–Crippen LogP) is 5.89. The number of hydrogen-bond donors (Lipinski definition) is 0. The van der Waals surface area contributed by atoms with Gasteiger partial charge in [0.15, 0.2) is 11.4 Å². The standard InChI is InChI=1S/C20H15BrFN5O2/c21-17-11-16(25-26-23)19(29-13-15-9-5-2-6-10-15)18(24-17)20(28)27(22)12-14-7-3-1-4-8-14/h1-11H,12-13H2. The van der Waals surface area contributed by atoms with E-state index >= 15 is 0 Å². The number of azide groups is 1. The van der Waals surface area contributed by atoms with Crippen LogP contribution in [-0.4, -0.2) is 16.0 Å². The molecule has 1 aromatic heterocycles. The highest BCUT2D eigenvalue weighted by atomic mass is 79.9. The van der Waals surface area contributed by atoms with E-state index in [0.717, 1.165) is 5.56 Å². The average molecular weight is 456 g/mol. The van der Waals surface area contributed by atoms with Crippen molar-refractivity contribution < 1.29 is 14.0 Å². The molecule has 3 aromatic rings.